The molecule has 1 aliphatic rings. The van der Waals surface area contributed by atoms with Crippen molar-refractivity contribution in [1.29, 1.82) is 0 Å². The number of allylic oxidation sites excluding steroid dienone is 2. The number of hydrogen-bond acceptors (Lipinski definition) is 5. The summed E-state index contributed by atoms with van der Waals surface area (Å²) < 4.78 is 1.80. The molecular weight excluding hydrogens is 408 g/mol. The van der Waals surface area contributed by atoms with Crippen molar-refractivity contribution >= 4 is 11.4 Å². The molecule has 0 bridgehead atoms. The van der Waals surface area contributed by atoms with E-state index in [1.165, 1.54) is 0 Å². The van der Waals surface area contributed by atoms with Crippen LogP contribution in [0.2, 0.25) is 0 Å². The molecule has 0 aliphatic carbocycles. The minimum absolute atomic E-state index is 0.118. The Morgan fingerprint density at radius 1 is 1.27 bits per heavy atom. The Kier molecular flexibility index (Phi) is 7.38. The van der Waals surface area contributed by atoms with Crippen molar-refractivity contribution in [2.75, 3.05) is 0 Å². The zero-order valence-electron chi connectivity index (χ0n) is 21.0. The van der Waals surface area contributed by atoms with E-state index in [9.17, 15) is 0 Å². The molecular formula is C27H40N6. The van der Waals surface area contributed by atoms with Crippen LogP contribution in [-0.2, 0) is 13.6 Å². The number of hydrogen-bond donors (Lipinski definition) is 4. The van der Waals surface area contributed by atoms with E-state index in [0.717, 1.165) is 46.5 Å². The molecule has 6 heteroatoms. The molecule has 3 rings (SSSR count). The van der Waals surface area contributed by atoms with Gasteiger partial charge in [0.05, 0.1) is 6.20 Å². The van der Waals surface area contributed by atoms with Gasteiger partial charge in [-0.3, -0.25) is 4.68 Å². The number of rotatable bonds is 8. The Labute approximate surface area is 199 Å². The minimum Gasteiger partial charge on any atom is -0.398 e. The average Bonchev–Trinajstić information content (AvgIpc) is 3.12. The standard InChI is InChI=1S/C27H40N6/c1-19-10-11-22(20(2)30-16-21-17-31-33(7)18-21)13-24(19)25(28)9-8-12-29-23-14-26(3,4)32-27(5,6)15-23/h8-13,17-18,23,29-30,32H,2,14-16,28H2,1,3-7H3/b12-8+,25-9-. The molecule has 178 valence electrons. The van der Waals surface area contributed by atoms with E-state index in [-0.39, 0.29) is 11.1 Å². The van der Waals surface area contributed by atoms with Gasteiger partial charge in [-0.15, -0.1) is 0 Å². The molecule has 0 radical (unpaired) electrons. The molecule has 0 spiro atoms. The van der Waals surface area contributed by atoms with Crippen LogP contribution in [0, 0.1) is 6.92 Å². The maximum absolute atomic E-state index is 6.45. The molecule has 2 heterocycles. The lowest BCUT2D eigenvalue weighted by molar-refractivity contribution is 0.153. The van der Waals surface area contributed by atoms with Gasteiger partial charge in [0.25, 0.3) is 0 Å². The summed E-state index contributed by atoms with van der Waals surface area (Å²) in [4.78, 5) is 0. The number of nitrogens with two attached hydrogens (primary N) is 1. The van der Waals surface area contributed by atoms with E-state index >= 15 is 0 Å². The van der Waals surface area contributed by atoms with Crippen LogP contribution in [0.3, 0.4) is 0 Å². The molecule has 1 aliphatic heterocycles. The molecule has 0 amide bonds. The van der Waals surface area contributed by atoms with Gasteiger partial charge in [-0.1, -0.05) is 18.7 Å². The highest BCUT2D eigenvalue weighted by atomic mass is 15.2. The van der Waals surface area contributed by atoms with Crippen LogP contribution in [0.15, 0.2) is 55.5 Å². The zero-order chi connectivity index (χ0) is 24.2. The van der Waals surface area contributed by atoms with Crippen molar-refractivity contribution in [3.05, 3.63) is 77.8 Å². The quantitative estimate of drug-likeness (QED) is 0.455. The Morgan fingerprint density at radius 2 is 1.97 bits per heavy atom. The summed E-state index contributed by atoms with van der Waals surface area (Å²) in [6.45, 7) is 16.0. The third-order valence-corrected chi connectivity index (χ3v) is 6.06. The van der Waals surface area contributed by atoms with Gasteiger partial charge in [0.15, 0.2) is 0 Å². The van der Waals surface area contributed by atoms with Gasteiger partial charge in [0.2, 0.25) is 0 Å². The number of aryl methyl sites for hydroxylation is 2. The first kappa shape index (κ1) is 24.6. The number of nitrogens with one attached hydrogen (secondary N) is 3. The van der Waals surface area contributed by atoms with E-state index in [2.05, 4.69) is 80.4 Å². The number of piperidine rings is 1. The van der Waals surface area contributed by atoms with E-state index < -0.39 is 0 Å². The van der Waals surface area contributed by atoms with Crippen LogP contribution >= 0.6 is 0 Å². The summed E-state index contributed by atoms with van der Waals surface area (Å²) in [6, 6.07) is 6.69. The normalized spacial score (nSPS) is 18.4. The second-order valence-corrected chi connectivity index (χ2v) is 10.5. The fourth-order valence-corrected chi connectivity index (χ4v) is 4.87. The molecule has 0 saturated carbocycles. The van der Waals surface area contributed by atoms with Crippen LogP contribution in [0.4, 0.5) is 0 Å². The van der Waals surface area contributed by atoms with Crippen molar-refractivity contribution in [3.63, 3.8) is 0 Å². The summed E-state index contributed by atoms with van der Waals surface area (Å²) >= 11 is 0. The van der Waals surface area contributed by atoms with Crippen LogP contribution in [0.25, 0.3) is 11.4 Å². The maximum atomic E-state index is 6.45. The third-order valence-electron chi connectivity index (χ3n) is 6.06. The second kappa shape index (κ2) is 9.87. The van der Waals surface area contributed by atoms with Crippen molar-refractivity contribution in [2.45, 2.75) is 71.1 Å². The lowest BCUT2D eigenvalue weighted by Gasteiger charge is -2.46. The smallest absolute Gasteiger partial charge is 0.0539 e. The van der Waals surface area contributed by atoms with Crippen LogP contribution in [0.1, 0.15) is 62.8 Å². The first-order chi connectivity index (χ1) is 15.4. The summed E-state index contributed by atoms with van der Waals surface area (Å²) in [7, 11) is 1.91. The highest BCUT2D eigenvalue weighted by molar-refractivity contribution is 5.72. The van der Waals surface area contributed by atoms with Crippen molar-refractivity contribution in [2.24, 2.45) is 12.8 Å². The Hall–Kier alpha value is -2.99. The lowest BCUT2D eigenvalue weighted by Crippen LogP contribution is -2.61. The van der Waals surface area contributed by atoms with Gasteiger partial charge in [0, 0.05) is 59.4 Å². The van der Waals surface area contributed by atoms with Gasteiger partial charge in [0.1, 0.15) is 0 Å². The summed E-state index contributed by atoms with van der Waals surface area (Å²) in [5, 5.41) is 14.9. The lowest BCUT2D eigenvalue weighted by atomic mass is 9.80. The molecule has 2 aromatic rings. The molecule has 33 heavy (non-hydrogen) atoms. The minimum atomic E-state index is 0.118. The summed E-state index contributed by atoms with van der Waals surface area (Å²) in [6.07, 6.45) is 12.0. The summed E-state index contributed by atoms with van der Waals surface area (Å²) in [5.74, 6) is 0. The van der Waals surface area contributed by atoms with Crippen LogP contribution in [0.5, 0.6) is 0 Å². The largest absolute Gasteiger partial charge is 0.398 e. The molecule has 1 aromatic heterocycles. The topological polar surface area (TPSA) is 79.9 Å². The van der Waals surface area contributed by atoms with Crippen LogP contribution in [-0.4, -0.2) is 26.9 Å². The van der Waals surface area contributed by atoms with E-state index in [4.69, 9.17) is 5.73 Å². The summed E-state index contributed by atoms with van der Waals surface area (Å²) in [5.41, 5.74) is 12.6. The van der Waals surface area contributed by atoms with Gasteiger partial charge in [-0.2, -0.15) is 5.10 Å². The molecule has 1 fully saturated rings. The maximum Gasteiger partial charge on any atom is 0.0539 e. The fraction of sp³-hybridized carbons (Fsp3) is 0.444. The second-order valence-electron chi connectivity index (χ2n) is 10.5. The first-order valence-corrected chi connectivity index (χ1v) is 11.6. The van der Waals surface area contributed by atoms with Gasteiger partial charge in [-0.25, -0.2) is 0 Å². The monoisotopic (exact) mass is 448 g/mol. The van der Waals surface area contributed by atoms with Gasteiger partial charge >= 0.3 is 0 Å². The van der Waals surface area contributed by atoms with Crippen LogP contribution < -0.4 is 21.7 Å². The van der Waals surface area contributed by atoms with E-state index in [1.54, 1.807) is 4.68 Å². The fourth-order valence-electron chi connectivity index (χ4n) is 4.87. The SMILES string of the molecule is C=C(NCc1cnn(C)c1)c1ccc(C)c(/C(N)=C/C=C/NC2CC(C)(C)NC(C)(C)C2)c1. The predicted octanol–water partition coefficient (Wildman–Crippen LogP) is 4.20. The third kappa shape index (κ3) is 6.99. The average molecular weight is 449 g/mol. The zero-order valence-corrected chi connectivity index (χ0v) is 21.0. The van der Waals surface area contributed by atoms with Crippen molar-refractivity contribution < 1.29 is 0 Å². The number of benzene rings is 1. The Morgan fingerprint density at radius 3 is 2.61 bits per heavy atom. The molecule has 0 atom stereocenters. The Balaban J connectivity index is 1.62. The van der Waals surface area contributed by atoms with E-state index in [1.807, 2.05) is 37.8 Å². The highest BCUT2D eigenvalue weighted by Gasteiger charge is 2.37. The number of nitrogens with zero attached hydrogens (tertiary/aromatic N) is 2. The van der Waals surface area contributed by atoms with Gasteiger partial charge < -0.3 is 21.7 Å². The predicted molar refractivity (Wildman–Crippen MR) is 139 cm³/mol. The molecule has 6 nitrogen and oxygen atoms in total. The van der Waals surface area contributed by atoms with Crippen molar-refractivity contribution in [1.82, 2.24) is 25.7 Å². The van der Waals surface area contributed by atoms with E-state index in [0.29, 0.717) is 12.6 Å². The molecule has 0 unspecified atom stereocenters. The molecule has 1 saturated heterocycles. The first-order valence-electron chi connectivity index (χ1n) is 11.6. The number of aromatic nitrogens is 2. The molecule has 5 N–H and O–H groups in total. The highest BCUT2D eigenvalue weighted by Crippen LogP contribution is 2.28. The Bertz CT molecular complexity index is 1020. The van der Waals surface area contributed by atoms with Crippen molar-refractivity contribution in [3.8, 4) is 0 Å². The van der Waals surface area contributed by atoms with Gasteiger partial charge in [-0.05, 0) is 83.0 Å². The molecule has 1 aromatic carbocycles.